The number of nitro groups is 1. The van der Waals surface area contributed by atoms with E-state index in [0.717, 1.165) is 4.88 Å². The SMILES string of the molecule is Cc1ccc(C(=O)N(Cc2cccs2)c2ccc3c(c2)OCCO3)cc1[N+](=O)[O-]. The lowest BCUT2D eigenvalue weighted by Gasteiger charge is -2.25. The molecule has 7 nitrogen and oxygen atoms in total. The summed E-state index contributed by atoms with van der Waals surface area (Å²) in [6.45, 7) is 2.92. The Morgan fingerprint density at radius 3 is 2.66 bits per heavy atom. The minimum atomic E-state index is -0.472. The second-order valence-electron chi connectivity index (χ2n) is 6.56. The van der Waals surface area contributed by atoms with Crippen molar-refractivity contribution in [3.8, 4) is 11.5 Å². The highest BCUT2D eigenvalue weighted by atomic mass is 32.1. The van der Waals surface area contributed by atoms with Crippen LogP contribution in [0.2, 0.25) is 0 Å². The molecule has 3 aromatic rings. The van der Waals surface area contributed by atoms with Crippen LogP contribution in [0, 0.1) is 17.0 Å². The van der Waals surface area contributed by atoms with Crippen molar-refractivity contribution in [1.82, 2.24) is 0 Å². The summed E-state index contributed by atoms with van der Waals surface area (Å²) < 4.78 is 11.2. The molecule has 2 aromatic carbocycles. The number of hydrogen-bond acceptors (Lipinski definition) is 6. The van der Waals surface area contributed by atoms with Gasteiger partial charge in [-0.3, -0.25) is 14.9 Å². The van der Waals surface area contributed by atoms with Crippen LogP contribution in [-0.4, -0.2) is 24.0 Å². The number of carbonyl (C=O) groups is 1. The fourth-order valence-corrected chi connectivity index (χ4v) is 3.83. The number of amides is 1. The number of carbonyl (C=O) groups excluding carboxylic acids is 1. The molecule has 0 aliphatic carbocycles. The second kappa shape index (κ2) is 7.92. The molecule has 148 valence electrons. The van der Waals surface area contributed by atoms with Gasteiger partial charge in [-0.2, -0.15) is 0 Å². The van der Waals surface area contributed by atoms with E-state index >= 15 is 0 Å². The molecule has 1 amide bonds. The summed E-state index contributed by atoms with van der Waals surface area (Å²) in [4.78, 5) is 26.8. The summed E-state index contributed by atoms with van der Waals surface area (Å²) in [7, 11) is 0. The molecule has 0 spiro atoms. The number of benzene rings is 2. The molecule has 0 saturated heterocycles. The quantitative estimate of drug-likeness (QED) is 0.454. The summed E-state index contributed by atoms with van der Waals surface area (Å²) in [6.07, 6.45) is 0. The molecule has 4 rings (SSSR count). The van der Waals surface area contributed by atoms with Gasteiger partial charge in [0.25, 0.3) is 11.6 Å². The van der Waals surface area contributed by atoms with Crippen LogP contribution >= 0.6 is 11.3 Å². The molecule has 0 bridgehead atoms. The Hall–Kier alpha value is -3.39. The Morgan fingerprint density at radius 2 is 1.93 bits per heavy atom. The average Bonchev–Trinajstić information content (AvgIpc) is 3.24. The summed E-state index contributed by atoms with van der Waals surface area (Å²) >= 11 is 1.54. The third-order valence-electron chi connectivity index (χ3n) is 4.63. The van der Waals surface area contributed by atoms with E-state index in [1.54, 1.807) is 42.2 Å². The number of thiophene rings is 1. The fourth-order valence-electron chi connectivity index (χ4n) is 3.13. The number of ether oxygens (including phenoxy) is 2. The van der Waals surface area contributed by atoms with Crippen molar-refractivity contribution in [2.45, 2.75) is 13.5 Å². The number of fused-ring (bicyclic) bond motifs is 1. The Bertz CT molecular complexity index is 1060. The number of rotatable bonds is 5. The molecule has 8 heteroatoms. The van der Waals surface area contributed by atoms with Crippen LogP contribution in [0.5, 0.6) is 11.5 Å². The molecule has 1 aliphatic heterocycles. The first-order valence-corrected chi connectivity index (χ1v) is 9.90. The highest BCUT2D eigenvalue weighted by Crippen LogP contribution is 2.35. The van der Waals surface area contributed by atoms with Crippen LogP contribution in [0.4, 0.5) is 11.4 Å². The van der Waals surface area contributed by atoms with Gasteiger partial charge < -0.3 is 14.4 Å². The van der Waals surface area contributed by atoms with Gasteiger partial charge in [0.2, 0.25) is 0 Å². The highest BCUT2D eigenvalue weighted by molar-refractivity contribution is 7.09. The number of nitrogens with zero attached hydrogens (tertiary/aromatic N) is 2. The van der Waals surface area contributed by atoms with Crippen LogP contribution < -0.4 is 14.4 Å². The van der Waals surface area contributed by atoms with Crippen molar-refractivity contribution in [2.24, 2.45) is 0 Å². The molecule has 0 saturated carbocycles. The van der Waals surface area contributed by atoms with Crippen molar-refractivity contribution in [1.29, 1.82) is 0 Å². The van der Waals surface area contributed by atoms with Crippen molar-refractivity contribution in [2.75, 3.05) is 18.1 Å². The van der Waals surface area contributed by atoms with Crippen LogP contribution in [0.3, 0.4) is 0 Å². The molecule has 0 atom stereocenters. The molecule has 0 N–H and O–H groups in total. The Kier molecular flexibility index (Phi) is 5.18. The number of aryl methyl sites for hydroxylation is 1. The Morgan fingerprint density at radius 1 is 1.14 bits per heavy atom. The van der Waals surface area contributed by atoms with Gasteiger partial charge in [-0.15, -0.1) is 11.3 Å². The Balaban J connectivity index is 1.74. The van der Waals surface area contributed by atoms with Crippen LogP contribution in [-0.2, 0) is 6.54 Å². The maximum atomic E-state index is 13.4. The van der Waals surface area contributed by atoms with Crippen LogP contribution in [0.15, 0.2) is 53.9 Å². The molecule has 1 aromatic heterocycles. The van der Waals surface area contributed by atoms with Gasteiger partial charge in [-0.1, -0.05) is 12.1 Å². The van der Waals surface area contributed by atoms with Gasteiger partial charge in [0.15, 0.2) is 11.5 Å². The number of hydrogen-bond donors (Lipinski definition) is 0. The van der Waals surface area contributed by atoms with E-state index in [1.807, 2.05) is 17.5 Å². The Labute approximate surface area is 171 Å². The molecular weight excluding hydrogens is 392 g/mol. The van der Waals surface area contributed by atoms with Gasteiger partial charge in [-0.05, 0) is 36.6 Å². The predicted octanol–water partition coefficient (Wildman–Crippen LogP) is 4.58. The molecule has 29 heavy (non-hydrogen) atoms. The average molecular weight is 410 g/mol. The summed E-state index contributed by atoms with van der Waals surface area (Å²) in [5.74, 6) is 0.889. The van der Waals surface area contributed by atoms with E-state index < -0.39 is 4.92 Å². The maximum Gasteiger partial charge on any atom is 0.273 e. The monoisotopic (exact) mass is 410 g/mol. The van der Waals surface area contributed by atoms with E-state index in [2.05, 4.69) is 0 Å². The highest BCUT2D eigenvalue weighted by Gasteiger charge is 2.23. The van der Waals surface area contributed by atoms with Gasteiger partial charge in [0.05, 0.1) is 11.5 Å². The topological polar surface area (TPSA) is 81.9 Å². The predicted molar refractivity (Wildman–Crippen MR) is 110 cm³/mol. The first-order valence-electron chi connectivity index (χ1n) is 9.02. The summed E-state index contributed by atoms with van der Waals surface area (Å²) in [5.41, 5.74) is 1.33. The van der Waals surface area contributed by atoms with Gasteiger partial charge >= 0.3 is 0 Å². The van der Waals surface area contributed by atoms with E-state index in [-0.39, 0.29) is 17.2 Å². The largest absolute Gasteiger partial charge is 0.486 e. The first kappa shape index (κ1) is 18.9. The van der Waals surface area contributed by atoms with Crippen molar-refractivity contribution in [3.05, 3.63) is 80.0 Å². The van der Waals surface area contributed by atoms with Gasteiger partial charge in [0.1, 0.15) is 13.2 Å². The molecule has 0 radical (unpaired) electrons. The lowest BCUT2D eigenvalue weighted by molar-refractivity contribution is -0.385. The van der Waals surface area contributed by atoms with Gasteiger partial charge in [0, 0.05) is 33.8 Å². The molecular formula is C21H18N2O5S. The van der Waals surface area contributed by atoms with Crippen LogP contribution in [0.25, 0.3) is 0 Å². The molecule has 2 heterocycles. The van der Waals surface area contributed by atoms with Crippen molar-refractivity contribution >= 4 is 28.6 Å². The summed E-state index contributed by atoms with van der Waals surface area (Å²) in [6, 6.07) is 13.7. The van der Waals surface area contributed by atoms with E-state index in [9.17, 15) is 14.9 Å². The number of nitro benzene ring substituents is 1. The zero-order valence-corrected chi connectivity index (χ0v) is 16.5. The normalized spacial score (nSPS) is 12.4. The zero-order chi connectivity index (χ0) is 20.4. The maximum absolute atomic E-state index is 13.4. The molecule has 1 aliphatic rings. The van der Waals surface area contributed by atoms with Crippen molar-refractivity contribution in [3.63, 3.8) is 0 Å². The minimum Gasteiger partial charge on any atom is -0.486 e. The van der Waals surface area contributed by atoms with Gasteiger partial charge in [-0.25, -0.2) is 0 Å². The standard InChI is InChI=1S/C21H18N2O5S/c1-14-4-5-15(11-18(14)23(25)26)21(24)22(13-17-3-2-10-29-17)16-6-7-19-20(12-16)28-9-8-27-19/h2-7,10-12H,8-9,13H2,1H3. The third-order valence-corrected chi connectivity index (χ3v) is 5.49. The summed E-state index contributed by atoms with van der Waals surface area (Å²) in [5, 5.41) is 13.2. The van der Waals surface area contributed by atoms with E-state index in [1.165, 1.54) is 17.4 Å². The third kappa shape index (κ3) is 3.93. The lowest BCUT2D eigenvalue weighted by Crippen LogP contribution is -2.30. The van der Waals surface area contributed by atoms with Crippen molar-refractivity contribution < 1.29 is 19.2 Å². The molecule has 0 fully saturated rings. The van der Waals surface area contributed by atoms with E-state index in [0.29, 0.717) is 42.5 Å². The molecule has 0 unspecified atom stereocenters. The smallest absolute Gasteiger partial charge is 0.273 e. The van der Waals surface area contributed by atoms with Crippen LogP contribution in [0.1, 0.15) is 20.8 Å². The first-order chi connectivity index (χ1) is 14.0. The zero-order valence-electron chi connectivity index (χ0n) is 15.7. The van der Waals surface area contributed by atoms with E-state index in [4.69, 9.17) is 9.47 Å². The number of anilines is 1. The lowest BCUT2D eigenvalue weighted by atomic mass is 10.1. The fraction of sp³-hybridized carbons (Fsp3) is 0.190. The second-order valence-corrected chi connectivity index (χ2v) is 7.59. The minimum absolute atomic E-state index is 0.0749.